The van der Waals surface area contributed by atoms with Crippen LogP contribution < -0.4 is 0 Å². The summed E-state index contributed by atoms with van der Waals surface area (Å²) in [7, 11) is 1.42. The van der Waals surface area contributed by atoms with Gasteiger partial charge in [0.05, 0.1) is 13.0 Å². The number of ether oxygens (including phenoxy) is 1. The molecule has 9 nitrogen and oxygen atoms in total. The number of carbonyl (C=O) groups excluding carboxylic acids is 2. The van der Waals surface area contributed by atoms with Gasteiger partial charge in [0.2, 0.25) is 5.96 Å². The van der Waals surface area contributed by atoms with Crippen molar-refractivity contribution in [2.45, 2.75) is 64.3 Å². The van der Waals surface area contributed by atoms with Gasteiger partial charge in [-0.05, 0) is 37.2 Å². The minimum Gasteiger partial charge on any atom is -0.480 e. The Kier molecular flexibility index (Phi) is 9.97. The molecule has 1 atom stereocenters. The Morgan fingerprint density at radius 2 is 1.81 bits per heavy atom. The Morgan fingerprint density at radius 1 is 1.16 bits per heavy atom. The Morgan fingerprint density at radius 3 is 2.41 bits per heavy atom. The molecule has 0 spiro atoms. The number of hydrogen-bond acceptors (Lipinski definition) is 6. The largest absolute Gasteiger partial charge is 0.480 e. The van der Waals surface area contributed by atoms with Crippen molar-refractivity contribution in [1.82, 2.24) is 9.96 Å². The normalized spacial score (nSPS) is 14.8. The summed E-state index contributed by atoms with van der Waals surface area (Å²) < 4.78 is 5.07. The topological polar surface area (TPSA) is 120 Å². The third-order valence-electron chi connectivity index (χ3n) is 5.54. The number of aliphatic carboxylic acids is 1. The van der Waals surface area contributed by atoms with Crippen LogP contribution in [0.2, 0.25) is 0 Å². The average molecular weight is 448 g/mol. The molecule has 0 aliphatic heterocycles. The van der Waals surface area contributed by atoms with E-state index in [-0.39, 0.29) is 18.9 Å². The van der Waals surface area contributed by atoms with Crippen molar-refractivity contribution in [3.8, 4) is 0 Å². The van der Waals surface area contributed by atoms with E-state index >= 15 is 0 Å². The van der Waals surface area contributed by atoms with Crippen molar-refractivity contribution in [3.05, 3.63) is 35.9 Å². The minimum absolute atomic E-state index is 0.0104. The predicted molar refractivity (Wildman–Crippen MR) is 118 cm³/mol. The van der Waals surface area contributed by atoms with Gasteiger partial charge in [-0.1, -0.05) is 61.6 Å². The number of hydrogen-bond donors (Lipinski definition) is 2. The molecule has 2 rings (SSSR count). The van der Waals surface area contributed by atoms with Crippen LogP contribution in [0.3, 0.4) is 0 Å². The standard InChI is InChI=1S/C23H33N3O6/c1-3-16-31-23(30)26(32-19(27)15-14-17-10-6-4-7-11-17)22(24)25(2)20(21(28)29)18-12-8-5-9-13-18/h4,6-7,10-11,18,20,24H,3,5,8-9,12-16H2,1-2H3,(H,28,29). The number of rotatable bonds is 8. The van der Waals surface area contributed by atoms with Crippen molar-refractivity contribution in [3.63, 3.8) is 0 Å². The summed E-state index contributed by atoms with van der Waals surface area (Å²) in [6, 6.07) is 8.33. The summed E-state index contributed by atoms with van der Waals surface area (Å²) in [5, 5.41) is 18.7. The zero-order chi connectivity index (χ0) is 23.5. The Bertz CT molecular complexity index is 779. The maximum Gasteiger partial charge on any atom is 0.451 e. The van der Waals surface area contributed by atoms with Crippen LogP contribution in [0.15, 0.2) is 30.3 Å². The lowest BCUT2D eigenvalue weighted by molar-refractivity contribution is -0.170. The first-order chi connectivity index (χ1) is 15.3. The third-order valence-corrected chi connectivity index (χ3v) is 5.54. The monoisotopic (exact) mass is 447 g/mol. The highest BCUT2D eigenvalue weighted by molar-refractivity contribution is 5.94. The second-order valence-electron chi connectivity index (χ2n) is 7.97. The zero-order valence-electron chi connectivity index (χ0n) is 18.8. The number of guanidine groups is 1. The highest BCUT2D eigenvalue weighted by Crippen LogP contribution is 2.29. The fourth-order valence-corrected chi connectivity index (χ4v) is 3.86. The van der Waals surface area contributed by atoms with E-state index in [2.05, 4.69) is 0 Å². The van der Waals surface area contributed by atoms with E-state index in [0.717, 1.165) is 37.7 Å². The fraction of sp³-hybridized carbons (Fsp3) is 0.565. The quantitative estimate of drug-likeness (QED) is 0.353. The molecule has 32 heavy (non-hydrogen) atoms. The molecular formula is C23H33N3O6. The SMILES string of the molecule is CCCOC(=O)N(OC(=O)CCc1ccccc1)C(=N)N(C)C(C(=O)O)C1CCCCC1. The molecule has 1 aromatic carbocycles. The van der Waals surface area contributed by atoms with Gasteiger partial charge >= 0.3 is 18.0 Å². The highest BCUT2D eigenvalue weighted by atomic mass is 16.8. The number of hydroxylamine groups is 2. The highest BCUT2D eigenvalue weighted by Gasteiger charge is 2.38. The lowest BCUT2D eigenvalue weighted by Gasteiger charge is -2.36. The van der Waals surface area contributed by atoms with Gasteiger partial charge in [0.15, 0.2) is 0 Å². The van der Waals surface area contributed by atoms with Crippen LogP contribution in [0.25, 0.3) is 0 Å². The van der Waals surface area contributed by atoms with Gasteiger partial charge < -0.3 is 19.6 Å². The van der Waals surface area contributed by atoms with E-state index < -0.39 is 30.0 Å². The first-order valence-electron chi connectivity index (χ1n) is 11.1. The maximum atomic E-state index is 12.5. The maximum absolute atomic E-state index is 12.5. The second kappa shape index (κ2) is 12.7. The number of benzene rings is 1. The summed E-state index contributed by atoms with van der Waals surface area (Å²) in [6.07, 6.45) is 4.27. The zero-order valence-corrected chi connectivity index (χ0v) is 18.8. The average Bonchev–Trinajstić information content (AvgIpc) is 2.80. The number of nitrogens with zero attached hydrogens (tertiary/aromatic N) is 2. The van der Waals surface area contributed by atoms with Gasteiger partial charge in [-0.25, -0.2) is 14.4 Å². The van der Waals surface area contributed by atoms with Crippen molar-refractivity contribution >= 4 is 24.0 Å². The summed E-state index contributed by atoms with van der Waals surface area (Å²) in [5.41, 5.74) is 0.931. The Hall–Kier alpha value is -3.10. The second-order valence-corrected chi connectivity index (χ2v) is 7.97. The number of amides is 1. The number of carbonyl (C=O) groups is 3. The van der Waals surface area contributed by atoms with Crippen LogP contribution in [-0.2, 0) is 25.6 Å². The number of carboxylic acids is 1. The molecule has 0 bridgehead atoms. The molecule has 176 valence electrons. The molecule has 0 radical (unpaired) electrons. The molecule has 1 fully saturated rings. The van der Waals surface area contributed by atoms with Gasteiger partial charge in [-0.15, -0.1) is 0 Å². The van der Waals surface area contributed by atoms with Crippen molar-refractivity contribution < 1.29 is 29.1 Å². The van der Waals surface area contributed by atoms with Crippen LogP contribution in [0.1, 0.15) is 57.4 Å². The molecule has 1 aliphatic carbocycles. The van der Waals surface area contributed by atoms with E-state index in [4.69, 9.17) is 15.0 Å². The third kappa shape index (κ3) is 7.25. The summed E-state index contributed by atoms with van der Waals surface area (Å²) in [4.78, 5) is 43.4. The van der Waals surface area contributed by atoms with Gasteiger partial charge in [-0.2, -0.15) is 0 Å². The molecular weight excluding hydrogens is 414 g/mol. The van der Waals surface area contributed by atoms with E-state index in [1.165, 1.54) is 11.9 Å². The lowest BCUT2D eigenvalue weighted by atomic mass is 9.83. The van der Waals surface area contributed by atoms with Crippen molar-refractivity contribution in [2.24, 2.45) is 5.92 Å². The molecule has 1 aliphatic rings. The summed E-state index contributed by atoms with van der Waals surface area (Å²) >= 11 is 0. The molecule has 1 unspecified atom stereocenters. The van der Waals surface area contributed by atoms with E-state index in [0.29, 0.717) is 17.9 Å². The van der Waals surface area contributed by atoms with Gasteiger partial charge in [0.1, 0.15) is 6.04 Å². The molecule has 9 heteroatoms. The van der Waals surface area contributed by atoms with Crippen LogP contribution >= 0.6 is 0 Å². The molecule has 1 aromatic rings. The van der Waals surface area contributed by atoms with E-state index in [9.17, 15) is 19.5 Å². The number of carboxylic acid groups (broad SMARTS) is 1. The Balaban J connectivity index is 2.12. The number of aryl methyl sites for hydroxylation is 1. The molecule has 2 N–H and O–H groups in total. The van der Waals surface area contributed by atoms with Gasteiger partial charge in [0, 0.05) is 7.05 Å². The molecule has 0 saturated heterocycles. The van der Waals surface area contributed by atoms with Crippen LogP contribution in [0.5, 0.6) is 0 Å². The summed E-state index contributed by atoms with van der Waals surface area (Å²) in [5.74, 6) is -2.50. The van der Waals surface area contributed by atoms with Gasteiger partial charge in [0.25, 0.3) is 0 Å². The Labute approximate surface area is 188 Å². The smallest absolute Gasteiger partial charge is 0.451 e. The first-order valence-corrected chi connectivity index (χ1v) is 11.1. The minimum atomic E-state index is -1.08. The molecule has 1 amide bonds. The van der Waals surface area contributed by atoms with Crippen LogP contribution in [0.4, 0.5) is 4.79 Å². The van der Waals surface area contributed by atoms with Crippen molar-refractivity contribution in [1.29, 1.82) is 5.41 Å². The summed E-state index contributed by atoms with van der Waals surface area (Å²) in [6.45, 7) is 1.89. The predicted octanol–water partition coefficient (Wildman–Crippen LogP) is 3.83. The van der Waals surface area contributed by atoms with E-state index in [1.54, 1.807) is 0 Å². The van der Waals surface area contributed by atoms with Crippen molar-refractivity contribution in [2.75, 3.05) is 13.7 Å². The first kappa shape index (κ1) is 25.2. The lowest BCUT2D eigenvalue weighted by Crippen LogP contribution is -2.54. The van der Waals surface area contributed by atoms with Gasteiger partial charge in [-0.3, -0.25) is 5.41 Å². The fourth-order valence-electron chi connectivity index (χ4n) is 3.86. The van der Waals surface area contributed by atoms with E-state index in [1.807, 2.05) is 37.3 Å². The molecule has 0 heterocycles. The van der Waals surface area contributed by atoms with Crippen LogP contribution in [0, 0.1) is 11.3 Å². The van der Waals surface area contributed by atoms with Crippen LogP contribution in [-0.4, -0.2) is 58.8 Å². The molecule has 1 saturated carbocycles. The number of likely N-dealkylation sites (N-methyl/N-ethyl adjacent to an activating group) is 1. The molecule has 0 aromatic heterocycles. The number of nitrogens with one attached hydrogen (secondary N) is 1.